The molecule has 0 aliphatic heterocycles. The molecule has 54 valence electrons. The Kier molecular flexibility index (Phi) is 2.63. The summed E-state index contributed by atoms with van der Waals surface area (Å²) >= 11 is 4.84. The fourth-order valence-electron chi connectivity index (χ4n) is 0.671. The molecule has 1 heterocycles. The van der Waals surface area contributed by atoms with Crippen molar-refractivity contribution in [3.05, 3.63) is 20.8 Å². The Labute approximate surface area is 72.2 Å². The predicted octanol–water partition coefficient (Wildman–Crippen LogP) is 3.10. The number of carbonyl (C=O) groups excluding carboxylic acids is 1. The van der Waals surface area contributed by atoms with Gasteiger partial charge >= 0.3 is 0 Å². The van der Waals surface area contributed by atoms with E-state index in [0.717, 1.165) is 10.0 Å². The molecule has 0 aromatic carbocycles. The molecule has 0 spiro atoms. The van der Waals surface area contributed by atoms with Crippen LogP contribution in [-0.2, 0) is 0 Å². The molecular weight excluding hydrogens is 212 g/mol. The zero-order chi connectivity index (χ0) is 7.56. The second kappa shape index (κ2) is 3.30. The van der Waals surface area contributed by atoms with Crippen LogP contribution in [0.25, 0.3) is 0 Å². The van der Waals surface area contributed by atoms with Crippen molar-refractivity contribution in [2.75, 3.05) is 0 Å². The Morgan fingerprint density at radius 3 is 2.80 bits per heavy atom. The average Bonchev–Trinajstić information content (AvgIpc) is 2.34. The molecule has 0 amide bonds. The Hall–Kier alpha value is -0.150. The predicted molar refractivity (Wildman–Crippen MR) is 46.6 cm³/mol. The number of halogens is 1. The highest BCUT2D eigenvalue weighted by Crippen LogP contribution is 2.22. The van der Waals surface area contributed by atoms with Gasteiger partial charge in [-0.3, -0.25) is 4.79 Å². The summed E-state index contributed by atoms with van der Waals surface area (Å²) in [7, 11) is 0. The van der Waals surface area contributed by atoms with Gasteiger partial charge in [0, 0.05) is 27.2 Å². The van der Waals surface area contributed by atoms with E-state index >= 15 is 0 Å². The molecule has 3 heteroatoms. The lowest BCUT2D eigenvalue weighted by molar-refractivity contribution is 0.0988. The lowest BCUT2D eigenvalue weighted by atomic mass is 10.2. The summed E-state index contributed by atoms with van der Waals surface area (Å²) in [5, 5.41) is 3.79. The number of ketones is 1. The summed E-state index contributed by atoms with van der Waals surface area (Å²) in [5.41, 5.74) is 0.813. The van der Waals surface area contributed by atoms with E-state index < -0.39 is 0 Å². The van der Waals surface area contributed by atoms with Gasteiger partial charge in [0.25, 0.3) is 0 Å². The van der Waals surface area contributed by atoms with Crippen LogP contribution in [0.3, 0.4) is 0 Å². The third kappa shape index (κ3) is 1.47. The summed E-state index contributed by atoms with van der Waals surface area (Å²) in [6.45, 7) is 1.87. The second-order valence-corrected chi connectivity index (χ2v) is 3.51. The summed E-state index contributed by atoms with van der Waals surface area (Å²) < 4.78 is 0.921. The summed E-state index contributed by atoms with van der Waals surface area (Å²) in [6.07, 6.45) is 0.579. The standard InChI is InChI=1S/C7H7BrOS/c1-2-7(9)5-3-10-4-6(5)8/h3-4H,2H2,1H3. The molecule has 10 heavy (non-hydrogen) atoms. The first-order valence-corrected chi connectivity index (χ1v) is 4.74. The van der Waals surface area contributed by atoms with Crippen molar-refractivity contribution in [3.8, 4) is 0 Å². The van der Waals surface area contributed by atoms with Gasteiger partial charge in [-0.1, -0.05) is 6.92 Å². The molecule has 1 aromatic heterocycles. The normalized spacial score (nSPS) is 9.80. The van der Waals surface area contributed by atoms with Gasteiger partial charge in [-0.05, 0) is 15.9 Å². The van der Waals surface area contributed by atoms with Crippen LogP contribution >= 0.6 is 27.3 Å². The number of thiophene rings is 1. The molecule has 0 fully saturated rings. The number of rotatable bonds is 2. The van der Waals surface area contributed by atoms with Gasteiger partial charge in [0.2, 0.25) is 0 Å². The SMILES string of the molecule is CCC(=O)c1cscc1Br. The van der Waals surface area contributed by atoms with Gasteiger partial charge in [0.1, 0.15) is 0 Å². The lowest BCUT2D eigenvalue weighted by Crippen LogP contribution is -1.93. The summed E-state index contributed by atoms with van der Waals surface area (Å²) in [5.74, 6) is 0.202. The van der Waals surface area contributed by atoms with Crippen LogP contribution in [0.2, 0.25) is 0 Å². The zero-order valence-corrected chi connectivity index (χ0v) is 7.96. The van der Waals surface area contributed by atoms with E-state index in [9.17, 15) is 4.79 Å². The van der Waals surface area contributed by atoms with E-state index in [1.165, 1.54) is 0 Å². The Bertz CT molecular complexity index is 242. The molecule has 0 unspecified atom stereocenters. The monoisotopic (exact) mass is 218 g/mol. The number of Topliss-reactive ketones (excluding diaryl/α,β-unsaturated/α-hetero) is 1. The maximum atomic E-state index is 11.1. The minimum atomic E-state index is 0.202. The maximum absolute atomic E-state index is 11.1. The quantitative estimate of drug-likeness (QED) is 0.698. The van der Waals surface area contributed by atoms with Gasteiger partial charge in [-0.2, -0.15) is 11.3 Å². The van der Waals surface area contributed by atoms with Crippen LogP contribution in [0.4, 0.5) is 0 Å². The van der Waals surface area contributed by atoms with Gasteiger partial charge in [-0.25, -0.2) is 0 Å². The molecule has 0 saturated heterocycles. The number of carbonyl (C=O) groups is 1. The molecule has 1 nitrogen and oxygen atoms in total. The molecule has 0 N–H and O–H groups in total. The van der Waals surface area contributed by atoms with Gasteiger partial charge < -0.3 is 0 Å². The summed E-state index contributed by atoms with van der Waals surface area (Å²) in [6, 6.07) is 0. The van der Waals surface area contributed by atoms with Crippen molar-refractivity contribution < 1.29 is 4.79 Å². The average molecular weight is 219 g/mol. The van der Waals surface area contributed by atoms with Gasteiger partial charge in [0.15, 0.2) is 5.78 Å². The van der Waals surface area contributed by atoms with Crippen LogP contribution in [0.5, 0.6) is 0 Å². The highest BCUT2D eigenvalue weighted by molar-refractivity contribution is 9.10. The highest BCUT2D eigenvalue weighted by atomic mass is 79.9. The number of hydrogen-bond donors (Lipinski definition) is 0. The second-order valence-electron chi connectivity index (χ2n) is 1.91. The molecule has 1 rings (SSSR count). The van der Waals surface area contributed by atoms with Crippen LogP contribution in [-0.4, -0.2) is 5.78 Å². The summed E-state index contributed by atoms with van der Waals surface area (Å²) in [4.78, 5) is 11.1. The first kappa shape index (κ1) is 7.95. The first-order valence-electron chi connectivity index (χ1n) is 3.00. The molecule has 0 aliphatic rings. The van der Waals surface area contributed by atoms with Crippen molar-refractivity contribution in [2.45, 2.75) is 13.3 Å². The third-order valence-corrected chi connectivity index (χ3v) is 2.94. The van der Waals surface area contributed by atoms with E-state index in [1.807, 2.05) is 17.7 Å². The van der Waals surface area contributed by atoms with Crippen LogP contribution in [0, 0.1) is 0 Å². The van der Waals surface area contributed by atoms with Crippen LogP contribution in [0.1, 0.15) is 23.7 Å². The molecule has 0 saturated carbocycles. The maximum Gasteiger partial charge on any atom is 0.164 e. The Balaban J connectivity index is 2.93. The van der Waals surface area contributed by atoms with Crippen molar-refractivity contribution >= 4 is 33.0 Å². The minimum Gasteiger partial charge on any atom is -0.294 e. The largest absolute Gasteiger partial charge is 0.294 e. The molecule has 0 aliphatic carbocycles. The van der Waals surface area contributed by atoms with Gasteiger partial charge in [0.05, 0.1) is 0 Å². The Morgan fingerprint density at radius 2 is 2.40 bits per heavy atom. The van der Waals surface area contributed by atoms with E-state index in [1.54, 1.807) is 11.3 Å². The van der Waals surface area contributed by atoms with Crippen molar-refractivity contribution in [1.29, 1.82) is 0 Å². The molecule has 0 atom stereocenters. The fraction of sp³-hybridized carbons (Fsp3) is 0.286. The van der Waals surface area contributed by atoms with Crippen molar-refractivity contribution in [1.82, 2.24) is 0 Å². The molecule has 0 radical (unpaired) electrons. The molecular formula is C7H7BrOS. The zero-order valence-electron chi connectivity index (χ0n) is 5.56. The number of hydrogen-bond acceptors (Lipinski definition) is 2. The third-order valence-electron chi connectivity index (χ3n) is 1.24. The topological polar surface area (TPSA) is 17.1 Å². The fourth-order valence-corrected chi connectivity index (χ4v) is 2.19. The van der Waals surface area contributed by atoms with Crippen molar-refractivity contribution in [2.24, 2.45) is 0 Å². The van der Waals surface area contributed by atoms with Gasteiger partial charge in [-0.15, -0.1) is 0 Å². The van der Waals surface area contributed by atoms with E-state index in [-0.39, 0.29) is 5.78 Å². The lowest BCUT2D eigenvalue weighted by Gasteiger charge is -1.91. The minimum absolute atomic E-state index is 0.202. The first-order chi connectivity index (χ1) is 4.75. The van der Waals surface area contributed by atoms with Crippen molar-refractivity contribution in [3.63, 3.8) is 0 Å². The molecule has 1 aromatic rings. The van der Waals surface area contributed by atoms with E-state index in [2.05, 4.69) is 15.9 Å². The highest BCUT2D eigenvalue weighted by Gasteiger charge is 2.07. The smallest absolute Gasteiger partial charge is 0.164 e. The van der Waals surface area contributed by atoms with E-state index in [0.29, 0.717) is 6.42 Å². The van der Waals surface area contributed by atoms with E-state index in [4.69, 9.17) is 0 Å². The molecule has 0 bridgehead atoms. The van der Waals surface area contributed by atoms with Crippen LogP contribution in [0.15, 0.2) is 15.2 Å². The Morgan fingerprint density at radius 1 is 1.70 bits per heavy atom. The van der Waals surface area contributed by atoms with Crippen LogP contribution < -0.4 is 0 Å².